The Hall–Kier alpha value is -2.05. The molecule has 23 heavy (non-hydrogen) atoms. The molecule has 1 saturated heterocycles. The second-order valence-electron chi connectivity index (χ2n) is 5.98. The van der Waals surface area contributed by atoms with E-state index >= 15 is 0 Å². The Morgan fingerprint density at radius 2 is 2.04 bits per heavy atom. The molecule has 1 atom stereocenters. The first-order valence-electron chi connectivity index (χ1n) is 8.08. The number of likely N-dealkylation sites (tertiary alicyclic amines) is 1. The fourth-order valence-electron chi connectivity index (χ4n) is 2.95. The Balaban J connectivity index is 1.90. The highest BCUT2D eigenvalue weighted by Crippen LogP contribution is 2.18. The Morgan fingerprint density at radius 1 is 1.30 bits per heavy atom. The van der Waals surface area contributed by atoms with Crippen LogP contribution in [-0.4, -0.2) is 52.9 Å². The van der Waals surface area contributed by atoms with Crippen LogP contribution in [0, 0.1) is 20.8 Å². The van der Waals surface area contributed by atoms with E-state index in [1.54, 1.807) is 0 Å². The predicted molar refractivity (Wildman–Crippen MR) is 86.2 cm³/mol. The number of ether oxygens (including phenoxy) is 1. The van der Waals surface area contributed by atoms with Crippen molar-refractivity contribution in [1.29, 1.82) is 0 Å². The number of hydrogen-bond acceptors (Lipinski definition) is 4. The molecule has 1 fully saturated rings. The number of aromatic nitrogens is 2. The number of hydrogen-bond donors (Lipinski definition) is 1. The van der Waals surface area contributed by atoms with E-state index in [9.17, 15) is 9.59 Å². The minimum Gasteiger partial charge on any atom is -0.453 e. The van der Waals surface area contributed by atoms with E-state index in [-0.39, 0.29) is 5.91 Å². The van der Waals surface area contributed by atoms with Gasteiger partial charge in [0.25, 0.3) is 0 Å². The lowest BCUT2D eigenvalue weighted by atomic mass is 10.0. The van der Waals surface area contributed by atoms with Crippen LogP contribution in [-0.2, 0) is 16.1 Å². The van der Waals surface area contributed by atoms with Crippen LogP contribution in [0.5, 0.6) is 0 Å². The third kappa shape index (κ3) is 3.83. The molecule has 128 valence electrons. The zero-order valence-corrected chi connectivity index (χ0v) is 14.4. The number of nitrogens with zero attached hydrogens (tertiary/aromatic N) is 3. The van der Waals surface area contributed by atoms with Crippen LogP contribution >= 0.6 is 0 Å². The van der Waals surface area contributed by atoms with E-state index in [2.05, 4.69) is 10.4 Å². The molecule has 1 aromatic heterocycles. The molecule has 7 heteroatoms. The summed E-state index contributed by atoms with van der Waals surface area (Å²) in [5, 5.41) is 7.37. The van der Waals surface area contributed by atoms with Gasteiger partial charge in [-0.05, 0) is 45.6 Å². The molecule has 0 radical (unpaired) electrons. The van der Waals surface area contributed by atoms with Gasteiger partial charge in [-0.3, -0.25) is 14.4 Å². The number of amides is 2. The van der Waals surface area contributed by atoms with Gasteiger partial charge in [-0.1, -0.05) is 0 Å². The first-order chi connectivity index (χ1) is 11.0. The highest BCUT2D eigenvalue weighted by Gasteiger charge is 2.32. The number of methoxy groups -OCH3 is 1. The molecule has 0 saturated carbocycles. The second-order valence-corrected chi connectivity index (χ2v) is 5.98. The Kier molecular flexibility index (Phi) is 5.63. The van der Waals surface area contributed by atoms with Crippen molar-refractivity contribution >= 4 is 12.0 Å². The van der Waals surface area contributed by atoms with Crippen molar-refractivity contribution in [3.63, 3.8) is 0 Å². The summed E-state index contributed by atoms with van der Waals surface area (Å²) >= 11 is 0. The van der Waals surface area contributed by atoms with Gasteiger partial charge in [-0.2, -0.15) is 5.10 Å². The van der Waals surface area contributed by atoms with Crippen LogP contribution in [0.1, 0.15) is 36.2 Å². The normalized spacial score (nSPS) is 17.9. The molecule has 7 nitrogen and oxygen atoms in total. The quantitative estimate of drug-likeness (QED) is 0.912. The summed E-state index contributed by atoms with van der Waals surface area (Å²) in [5.41, 5.74) is 3.31. The summed E-state index contributed by atoms with van der Waals surface area (Å²) in [4.78, 5) is 25.7. The molecule has 0 spiro atoms. The lowest BCUT2D eigenvalue weighted by Crippen LogP contribution is -2.52. The molecule has 0 aliphatic carbocycles. The zero-order chi connectivity index (χ0) is 17.0. The maximum atomic E-state index is 12.4. The summed E-state index contributed by atoms with van der Waals surface area (Å²) in [6.45, 7) is 7.73. The molecule has 1 unspecified atom stereocenters. The van der Waals surface area contributed by atoms with E-state index in [1.165, 1.54) is 17.6 Å². The number of nitrogens with one attached hydrogen (secondary N) is 1. The van der Waals surface area contributed by atoms with Crippen LogP contribution in [0.2, 0.25) is 0 Å². The molecule has 0 bridgehead atoms. The van der Waals surface area contributed by atoms with Crippen LogP contribution in [0.25, 0.3) is 0 Å². The van der Waals surface area contributed by atoms with Crippen molar-refractivity contribution in [3.8, 4) is 0 Å². The van der Waals surface area contributed by atoms with Crippen molar-refractivity contribution in [2.75, 3.05) is 20.2 Å². The third-order valence-corrected chi connectivity index (χ3v) is 4.58. The lowest BCUT2D eigenvalue weighted by molar-refractivity contribution is -0.127. The third-order valence-electron chi connectivity index (χ3n) is 4.58. The number of piperidine rings is 1. The van der Waals surface area contributed by atoms with E-state index in [0.717, 1.165) is 24.2 Å². The first kappa shape index (κ1) is 17.3. The van der Waals surface area contributed by atoms with Gasteiger partial charge in [0.2, 0.25) is 5.91 Å². The minimum absolute atomic E-state index is 0.117. The monoisotopic (exact) mass is 322 g/mol. The van der Waals surface area contributed by atoms with E-state index in [0.29, 0.717) is 26.1 Å². The van der Waals surface area contributed by atoms with Gasteiger partial charge in [0.05, 0.1) is 19.3 Å². The summed E-state index contributed by atoms with van der Waals surface area (Å²) in [6, 6.07) is -0.432. The highest BCUT2D eigenvalue weighted by atomic mass is 16.5. The second kappa shape index (κ2) is 7.48. The SMILES string of the molecule is COC(=O)N1CCCCC1C(=O)NCCn1nc(C)c(C)c1C. The summed E-state index contributed by atoms with van der Waals surface area (Å²) in [5.74, 6) is -0.117. The molecule has 1 N–H and O–H groups in total. The molecule has 2 amide bonds. The van der Waals surface area contributed by atoms with Crippen molar-refractivity contribution in [1.82, 2.24) is 20.0 Å². The topological polar surface area (TPSA) is 76.5 Å². The molecule has 0 aromatic carbocycles. The molecular weight excluding hydrogens is 296 g/mol. The lowest BCUT2D eigenvalue weighted by Gasteiger charge is -2.33. The highest BCUT2D eigenvalue weighted by molar-refractivity contribution is 5.85. The van der Waals surface area contributed by atoms with Gasteiger partial charge >= 0.3 is 6.09 Å². The van der Waals surface area contributed by atoms with Crippen LogP contribution in [0.3, 0.4) is 0 Å². The van der Waals surface area contributed by atoms with Gasteiger partial charge in [-0.25, -0.2) is 4.79 Å². The Bertz CT molecular complexity index is 582. The average Bonchev–Trinajstić information content (AvgIpc) is 2.81. The van der Waals surface area contributed by atoms with E-state index in [4.69, 9.17) is 4.74 Å². The van der Waals surface area contributed by atoms with Crippen LogP contribution in [0.15, 0.2) is 0 Å². The largest absolute Gasteiger partial charge is 0.453 e. The number of carbonyl (C=O) groups excluding carboxylic acids is 2. The number of aryl methyl sites for hydroxylation is 1. The summed E-state index contributed by atoms with van der Waals surface area (Å²) in [6.07, 6.45) is 2.10. The number of carbonyl (C=O) groups is 2. The van der Waals surface area contributed by atoms with Gasteiger partial charge in [-0.15, -0.1) is 0 Å². The fraction of sp³-hybridized carbons (Fsp3) is 0.688. The Morgan fingerprint density at radius 3 is 2.65 bits per heavy atom. The molecule has 1 aliphatic rings. The molecule has 1 aromatic rings. The van der Waals surface area contributed by atoms with Crippen molar-refractivity contribution < 1.29 is 14.3 Å². The van der Waals surface area contributed by atoms with Gasteiger partial charge in [0, 0.05) is 18.8 Å². The van der Waals surface area contributed by atoms with Gasteiger partial charge in [0.1, 0.15) is 6.04 Å². The van der Waals surface area contributed by atoms with Gasteiger partial charge in [0.15, 0.2) is 0 Å². The smallest absolute Gasteiger partial charge is 0.410 e. The summed E-state index contributed by atoms with van der Waals surface area (Å²) < 4.78 is 6.68. The van der Waals surface area contributed by atoms with Gasteiger partial charge < -0.3 is 10.1 Å². The zero-order valence-electron chi connectivity index (χ0n) is 14.4. The average molecular weight is 322 g/mol. The van der Waals surface area contributed by atoms with Crippen molar-refractivity contribution in [2.45, 2.75) is 52.6 Å². The predicted octanol–water partition coefficient (Wildman–Crippen LogP) is 1.55. The maximum Gasteiger partial charge on any atom is 0.410 e. The van der Waals surface area contributed by atoms with Crippen molar-refractivity contribution in [2.24, 2.45) is 0 Å². The molecular formula is C16H26N4O3. The van der Waals surface area contributed by atoms with E-state index < -0.39 is 12.1 Å². The molecule has 2 rings (SSSR count). The molecule has 1 aliphatic heterocycles. The fourth-order valence-corrected chi connectivity index (χ4v) is 2.95. The maximum absolute atomic E-state index is 12.4. The summed E-state index contributed by atoms with van der Waals surface area (Å²) in [7, 11) is 1.34. The minimum atomic E-state index is -0.432. The van der Waals surface area contributed by atoms with E-state index in [1.807, 2.05) is 25.5 Å². The Labute approximate surface area is 137 Å². The van der Waals surface area contributed by atoms with Crippen LogP contribution < -0.4 is 5.32 Å². The number of rotatable bonds is 4. The van der Waals surface area contributed by atoms with Crippen molar-refractivity contribution in [3.05, 3.63) is 17.0 Å². The molecule has 2 heterocycles. The van der Waals surface area contributed by atoms with Crippen LogP contribution in [0.4, 0.5) is 4.79 Å². The standard InChI is InChI=1S/C16H26N4O3/c1-11-12(2)18-20(13(11)3)10-8-17-15(21)14-7-5-6-9-19(14)16(22)23-4/h14H,5-10H2,1-4H3,(H,17,21). The first-order valence-corrected chi connectivity index (χ1v) is 8.08.